The van der Waals surface area contributed by atoms with E-state index >= 15 is 4.39 Å². The average molecular weight is 1630 g/mol. The second kappa shape index (κ2) is 44.8. The molecule has 0 aliphatic carbocycles. The Kier molecular flexibility index (Phi) is 35.3. The van der Waals surface area contributed by atoms with Crippen LogP contribution in [0, 0.1) is 11.7 Å². The number of fused-ring (bicyclic) bond motifs is 5. The molecule has 116 heavy (non-hydrogen) atoms. The van der Waals surface area contributed by atoms with Gasteiger partial charge in [0.15, 0.2) is 17.2 Å². The Balaban J connectivity index is 0.750. The third-order valence-corrected chi connectivity index (χ3v) is 19.3. The molecule has 5 heterocycles. The minimum atomic E-state index is -2.03. The summed E-state index contributed by atoms with van der Waals surface area (Å²) >= 11 is 0. The maximum Gasteiger partial charge on any atom is 0.343 e. The molecule has 7 rings (SSSR count). The first kappa shape index (κ1) is 91.4. The van der Waals surface area contributed by atoms with Gasteiger partial charge >= 0.3 is 35.9 Å². The maximum absolute atomic E-state index is 15.8. The van der Waals surface area contributed by atoms with Gasteiger partial charge in [-0.15, -0.1) is 0 Å². The number of aryl methyl sites for hydroxylation is 1. The van der Waals surface area contributed by atoms with Gasteiger partial charge in [-0.3, -0.25) is 57.6 Å². The molecule has 13 N–H and O–H groups in total. The molecular formula is C78H101FN12O25. The first-order valence-corrected chi connectivity index (χ1v) is 38.5. The number of cyclic esters (lactones) is 1. The Morgan fingerprint density at radius 2 is 1.19 bits per heavy atom. The number of aliphatic hydroxyl groups is 1. The van der Waals surface area contributed by atoms with Crippen LogP contribution in [0.3, 0.4) is 0 Å². The molecule has 0 saturated carbocycles. The highest BCUT2D eigenvalue weighted by molar-refractivity contribution is 6.13. The van der Waals surface area contributed by atoms with Gasteiger partial charge in [-0.25, -0.2) is 33.3 Å². The van der Waals surface area contributed by atoms with Gasteiger partial charge in [0.1, 0.15) is 50.0 Å². The monoisotopic (exact) mass is 1620 g/mol. The standard InChI is InChI=1S/C78H101FN12O25/c1-6-48-49-39-59(53(79)41-57(49)86-67-50(48)42-91-58(67)40-52-51(72(91)103)43-116-76(109)78(52,111)7-2)114-37-38-115-75(108)45(5)84-71(102)66(44(3)4)89-70(101)54(85-62(94)18-14-32-90-63(95)24-25-64(90)96)15-8-11-29-81-61(93)27-33-112-35-36-113-34-31-83-69(100)47-21-19-46(20-22-47)68(99)82-30-13-10-17-60(92)80-28-12-9-16-55(73(104)105)87-77(110)88-56(74(106)107)23-26-65(97)98/h19-22,24-25,39-41,44-45,54-56,66,111H,6-18,23,26-38,42-43H2,1-5H3,(H,80,92)(H,81,93)(H,82,99)(H,83,100)(H,84,102)(H,85,94)(H,89,101)(H,97,98)(H,104,105)(H,106,107)(H2,87,88,110)/t45-,54-,55-,56-,66-,78-/m0/s1. The summed E-state index contributed by atoms with van der Waals surface area (Å²) in [5.74, 6) is -11.9. The number of nitrogens with zero attached hydrogens (tertiary/aromatic N) is 3. The van der Waals surface area contributed by atoms with Crippen molar-refractivity contribution in [3.05, 3.63) is 104 Å². The summed E-state index contributed by atoms with van der Waals surface area (Å²) in [7, 11) is 0. The van der Waals surface area contributed by atoms with E-state index < -0.39 is 137 Å². The molecule has 0 radical (unpaired) electrons. The highest BCUT2D eigenvalue weighted by Crippen LogP contribution is 2.41. The second-order valence-electron chi connectivity index (χ2n) is 28.1. The number of ether oxygens (including phenoxy) is 5. The Labute approximate surface area is 666 Å². The number of imide groups is 1. The van der Waals surface area contributed by atoms with Gasteiger partial charge < -0.3 is 96.5 Å². The summed E-state index contributed by atoms with van der Waals surface area (Å²) in [6, 6.07) is 2.52. The van der Waals surface area contributed by atoms with Crippen molar-refractivity contribution < 1.29 is 120 Å². The van der Waals surface area contributed by atoms with Crippen molar-refractivity contribution in [3.63, 3.8) is 0 Å². The molecule has 0 unspecified atom stereocenters. The Hall–Kier alpha value is -11.8. The summed E-state index contributed by atoms with van der Waals surface area (Å²) in [4.78, 5) is 207. The van der Waals surface area contributed by atoms with Gasteiger partial charge in [0.05, 0.1) is 55.4 Å². The molecule has 0 spiro atoms. The number of aromatic nitrogens is 2. The van der Waals surface area contributed by atoms with Crippen molar-refractivity contribution in [1.29, 1.82) is 0 Å². The number of rotatable bonds is 50. The number of amides is 11. The zero-order valence-electron chi connectivity index (χ0n) is 65.2. The predicted molar refractivity (Wildman–Crippen MR) is 408 cm³/mol. The van der Waals surface area contributed by atoms with Crippen molar-refractivity contribution in [2.24, 2.45) is 5.92 Å². The normalized spacial score (nSPS) is 15.1. The Morgan fingerprint density at radius 3 is 1.80 bits per heavy atom. The average Bonchev–Trinajstić information content (AvgIpc) is 1.55. The van der Waals surface area contributed by atoms with E-state index in [1.165, 1.54) is 47.9 Å². The number of hydrogen-bond donors (Lipinski definition) is 13. The first-order chi connectivity index (χ1) is 55.3. The summed E-state index contributed by atoms with van der Waals surface area (Å²) in [5.41, 5.74) is 0.891. The zero-order chi connectivity index (χ0) is 84.8. The number of carbonyl (C=O) groups is 15. The van der Waals surface area contributed by atoms with E-state index in [-0.39, 0.29) is 177 Å². The van der Waals surface area contributed by atoms with Crippen molar-refractivity contribution in [3.8, 4) is 17.1 Å². The van der Waals surface area contributed by atoms with Crippen LogP contribution in [-0.2, 0) is 102 Å². The van der Waals surface area contributed by atoms with Gasteiger partial charge in [0, 0.05) is 104 Å². The minimum Gasteiger partial charge on any atom is -0.487 e. The number of unbranched alkanes of at least 4 members (excludes halogenated alkanes) is 3. The summed E-state index contributed by atoms with van der Waals surface area (Å²) < 4.78 is 44.7. The number of hydrogen-bond acceptors (Lipinski definition) is 23. The fourth-order valence-electron chi connectivity index (χ4n) is 12.9. The molecule has 3 aliphatic rings. The highest BCUT2D eigenvalue weighted by atomic mass is 19.1. The molecule has 2 aromatic carbocycles. The fraction of sp³-hybridized carbons (Fsp3) is 0.526. The Bertz CT molecular complexity index is 4360. The summed E-state index contributed by atoms with van der Waals surface area (Å²) in [5, 5.41) is 62.4. The van der Waals surface area contributed by atoms with Crippen LogP contribution in [0.25, 0.3) is 22.3 Å². The molecule has 0 bridgehead atoms. The van der Waals surface area contributed by atoms with Gasteiger partial charge in [0.2, 0.25) is 29.5 Å². The van der Waals surface area contributed by atoms with E-state index in [1.807, 2.05) is 6.92 Å². The van der Waals surface area contributed by atoms with E-state index in [2.05, 4.69) is 47.9 Å². The number of aliphatic carboxylic acids is 3. The maximum atomic E-state index is 15.8. The molecule has 0 saturated heterocycles. The van der Waals surface area contributed by atoms with Crippen molar-refractivity contribution >= 4 is 99.9 Å². The molecule has 0 fully saturated rings. The lowest BCUT2D eigenvalue weighted by Gasteiger charge is -2.31. The topological polar surface area (TPSA) is 530 Å². The quantitative estimate of drug-likeness (QED) is 0.0150. The lowest BCUT2D eigenvalue weighted by atomic mass is 9.86. The molecule has 11 amide bonds. The van der Waals surface area contributed by atoms with E-state index in [0.29, 0.717) is 72.0 Å². The van der Waals surface area contributed by atoms with Crippen LogP contribution in [0.2, 0.25) is 0 Å². The molecule has 6 atom stereocenters. The third-order valence-electron chi connectivity index (χ3n) is 19.3. The van der Waals surface area contributed by atoms with E-state index in [9.17, 15) is 92.0 Å². The van der Waals surface area contributed by atoms with Crippen molar-refractivity contribution in [2.45, 2.75) is 186 Å². The number of benzene rings is 2. The van der Waals surface area contributed by atoms with E-state index in [0.717, 1.165) is 22.6 Å². The second-order valence-corrected chi connectivity index (χ2v) is 28.1. The molecule has 37 nitrogen and oxygen atoms in total. The molecule has 4 aromatic rings. The van der Waals surface area contributed by atoms with E-state index in [1.54, 1.807) is 26.8 Å². The van der Waals surface area contributed by atoms with Crippen molar-refractivity contribution in [2.75, 3.05) is 72.4 Å². The third kappa shape index (κ3) is 26.4. The molecule has 38 heteroatoms. The zero-order valence-corrected chi connectivity index (χ0v) is 65.2. The molecular weight excluding hydrogens is 1520 g/mol. The van der Waals surface area contributed by atoms with Gasteiger partial charge in [-0.1, -0.05) is 27.7 Å². The van der Waals surface area contributed by atoms with Crippen LogP contribution < -0.4 is 58.1 Å². The lowest BCUT2D eigenvalue weighted by Crippen LogP contribution is -2.57. The van der Waals surface area contributed by atoms with Crippen LogP contribution >= 0.6 is 0 Å². The number of pyridine rings is 2. The van der Waals surface area contributed by atoms with Gasteiger partial charge in [-0.05, 0) is 132 Å². The van der Waals surface area contributed by atoms with Crippen LogP contribution in [0.5, 0.6) is 5.75 Å². The van der Waals surface area contributed by atoms with Gasteiger partial charge in [0.25, 0.3) is 29.2 Å². The minimum absolute atomic E-state index is 0.00699. The number of esters is 2. The SMILES string of the molecule is CCc1c2c(nc3cc(F)c(OCCOC(=O)[C@H](C)NC(=O)[C@@H](NC(=O)[C@H](CCCCNC(=O)CCOCCOCCNC(=O)c4ccc(C(=O)NCCCCC(=O)NCCCC[C@H](NC(=O)N[C@@H](CCC(=O)O)C(=O)O)C(=O)O)cc4)NC(=O)CCCN4C(=O)C=CC4=O)C(C)C)cc13)-c1cc3c(c(=O)n1C2)COC(=O)[C@]3(O)CC. The number of halogens is 1. The number of urea groups is 1. The van der Waals surface area contributed by atoms with Crippen LogP contribution in [0.4, 0.5) is 9.18 Å². The number of nitrogens with one attached hydrogen (secondary N) is 9. The van der Waals surface area contributed by atoms with Crippen LogP contribution in [0.1, 0.15) is 174 Å². The largest absolute Gasteiger partial charge is 0.487 e. The van der Waals surface area contributed by atoms with Crippen LogP contribution in [-0.4, -0.2) is 226 Å². The highest BCUT2D eigenvalue weighted by Gasteiger charge is 2.46. The number of carboxylic acids is 3. The predicted octanol–water partition coefficient (Wildman–Crippen LogP) is 1.94. The smallest absolute Gasteiger partial charge is 0.343 e. The summed E-state index contributed by atoms with van der Waals surface area (Å²) in [6.45, 7) is 8.56. The summed E-state index contributed by atoms with van der Waals surface area (Å²) in [6.07, 6.45) is 4.05. The van der Waals surface area contributed by atoms with Crippen molar-refractivity contribution in [1.82, 2.24) is 62.3 Å². The number of carbonyl (C=O) groups excluding carboxylic acids is 12. The molecule has 630 valence electrons. The molecule has 3 aliphatic heterocycles. The fourth-order valence-corrected chi connectivity index (χ4v) is 12.9. The first-order valence-electron chi connectivity index (χ1n) is 38.5. The number of carboxylic acid groups (broad SMARTS) is 3. The Morgan fingerprint density at radius 1 is 0.603 bits per heavy atom. The van der Waals surface area contributed by atoms with Gasteiger partial charge in [-0.2, -0.15) is 0 Å². The lowest BCUT2D eigenvalue weighted by molar-refractivity contribution is -0.172. The van der Waals surface area contributed by atoms with E-state index in [4.69, 9.17) is 33.8 Å². The molecule has 2 aromatic heterocycles. The van der Waals surface area contributed by atoms with Crippen LogP contribution in [0.15, 0.2) is 59.4 Å².